The van der Waals surface area contributed by atoms with Gasteiger partial charge in [-0.2, -0.15) is 0 Å². The molecule has 2 rings (SSSR count). The van der Waals surface area contributed by atoms with Crippen LogP contribution >= 0.6 is 0 Å². The summed E-state index contributed by atoms with van der Waals surface area (Å²) in [6, 6.07) is 7.69. The second kappa shape index (κ2) is 14.9. The van der Waals surface area contributed by atoms with Crippen LogP contribution in [0, 0.1) is 18.8 Å². The Labute approximate surface area is 237 Å². The third-order valence-corrected chi connectivity index (χ3v) is 6.99. The topological polar surface area (TPSA) is 114 Å². The van der Waals surface area contributed by atoms with E-state index in [-0.39, 0.29) is 5.91 Å². The van der Waals surface area contributed by atoms with Crippen molar-refractivity contribution in [2.75, 3.05) is 7.11 Å². The van der Waals surface area contributed by atoms with Gasteiger partial charge in [0.25, 0.3) is 0 Å². The van der Waals surface area contributed by atoms with Crippen LogP contribution < -0.4 is 10.6 Å². The quantitative estimate of drug-likeness (QED) is 0.210. The lowest BCUT2D eigenvalue weighted by atomic mass is 9.78. The molecule has 3 N–H and O–H groups in total. The van der Waals surface area contributed by atoms with Crippen molar-refractivity contribution in [3.8, 4) is 0 Å². The summed E-state index contributed by atoms with van der Waals surface area (Å²) in [5.41, 5.74) is 4.55. The van der Waals surface area contributed by atoms with Crippen molar-refractivity contribution in [1.29, 1.82) is 0 Å². The molecule has 8 nitrogen and oxygen atoms in total. The van der Waals surface area contributed by atoms with Crippen LogP contribution in [0.1, 0.15) is 70.6 Å². The van der Waals surface area contributed by atoms with Crippen molar-refractivity contribution < 1.29 is 29.0 Å². The number of carbonyl (C=O) groups is 3. The Kier molecular flexibility index (Phi) is 12.0. The lowest BCUT2D eigenvalue weighted by molar-refractivity contribution is -0.148. The highest BCUT2D eigenvalue weighted by atomic mass is 16.6. The molecule has 216 valence electrons. The number of hydrogen-bond donors (Lipinski definition) is 3. The fourth-order valence-electron chi connectivity index (χ4n) is 4.76. The average Bonchev–Trinajstić information content (AvgIpc) is 2.90. The number of alkyl carbamates (subject to hydrolysis) is 1. The molecule has 0 bridgehead atoms. The number of ether oxygens (including phenoxy) is 2. The minimum atomic E-state index is -0.946. The Hall–Kier alpha value is -4.07. The Morgan fingerprint density at radius 2 is 1.62 bits per heavy atom. The van der Waals surface area contributed by atoms with Gasteiger partial charge in [-0.1, -0.05) is 56.3 Å². The molecule has 0 heterocycles. The van der Waals surface area contributed by atoms with E-state index in [1.54, 1.807) is 39.8 Å². The summed E-state index contributed by atoms with van der Waals surface area (Å²) in [5.74, 6) is -2.20. The Balaban J connectivity index is 2.27. The highest BCUT2D eigenvalue weighted by Crippen LogP contribution is 2.31. The molecule has 0 aromatic heterocycles. The summed E-state index contributed by atoms with van der Waals surface area (Å²) in [6.07, 6.45) is 4.93. The van der Waals surface area contributed by atoms with Gasteiger partial charge in [-0.05, 0) is 81.4 Å². The van der Waals surface area contributed by atoms with E-state index in [4.69, 9.17) is 9.47 Å². The number of nitrogens with one attached hydrogen (secondary N) is 2. The van der Waals surface area contributed by atoms with Crippen molar-refractivity contribution in [1.82, 2.24) is 10.6 Å². The molecule has 40 heavy (non-hydrogen) atoms. The van der Waals surface area contributed by atoms with Crippen LogP contribution in [0.2, 0.25) is 0 Å². The van der Waals surface area contributed by atoms with E-state index in [2.05, 4.69) is 23.8 Å². The van der Waals surface area contributed by atoms with Crippen LogP contribution in [0.25, 0.3) is 0 Å². The molecule has 1 aliphatic rings. The first-order valence-corrected chi connectivity index (χ1v) is 13.4. The maximum atomic E-state index is 13.0. The minimum absolute atomic E-state index is 0.329. The molecule has 1 aromatic carbocycles. The average molecular weight is 551 g/mol. The van der Waals surface area contributed by atoms with E-state index >= 15 is 0 Å². The molecular weight excluding hydrogens is 508 g/mol. The lowest BCUT2D eigenvalue weighted by Crippen LogP contribution is -2.39. The summed E-state index contributed by atoms with van der Waals surface area (Å²) < 4.78 is 11.2. The van der Waals surface area contributed by atoms with Crippen molar-refractivity contribution in [3.05, 3.63) is 94.6 Å². The van der Waals surface area contributed by atoms with Crippen molar-refractivity contribution in [2.24, 2.45) is 11.8 Å². The summed E-state index contributed by atoms with van der Waals surface area (Å²) in [7, 11) is 1.48. The number of carbonyl (C=O) groups excluding carboxylic acids is 2. The number of allylic oxidation sites excluding steroid dienone is 5. The molecule has 1 saturated carbocycles. The van der Waals surface area contributed by atoms with Gasteiger partial charge in [0, 0.05) is 5.70 Å². The van der Waals surface area contributed by atoms with Crippen molar-refractivity contribution >= 4 is 18.0 Å². The van der Waals surface area contributed by atoms with Crippen molar-refractivity contribution in [3.63, 3.8) is 0 Å². The fourth-order valence-corrected chi connectivity index (χ4v) is 4.76. The number of amides is 2. The summed E-state index contributed by atoms with van der Waals surface area (Å²) in [4.78, 5) is 37.5. The molecule has 0 aliphatic heterocycles. The van der Waals surface area contributed by atoms with Gasteiger partial charge in [0.2, 0.25) is 5.91 Å². The standard InChI is InChI=1S/C32H42N2O6/c1-19(2)27(33-30(35)25-15-11-12-16-26(25)31(36)37)18-17-22(6)29(39-8)28(20(3)4)34-32(38)40-23(7)24-14-10-9-13-21(24)5/h9-10,13-14,17-18,23,25-26H,1,3,11-12,15-16H2,2,4-8H3,(H,33,35)(H,34,38)(H,36,37)/b22-17+,27-18+,29-28+/t23-,25?,26?/m1/s1. The molecule has 0 radical (unpaired) electrons. The second-order valence-electron chi connectivity index (χ2n) is 10.3. The van der Waals surface area contributed by atoms with E-state index in [1.807, 2.05) is 31.2 Å². The number of aryl methyl sites for hydroxylation is 1. The Morgan fingerprint density at radius 3 is 2.17 bits per heavy atom. The third kappa shape index (κ3) is 8.73. The van der Waals surface area contributed by atoms with Gasteiger partial charge in [-0.25, -0.2) is 4.79 Å². The highest BCUT2D eigenvalue weighted by Gasteiger charge is 2.35. The summed E-state index contributed by atoms with van der Waals surface area (Å²) in [6.45, 7) is 17.0. The largest absolute Gasteiger partial charge is 0.494 e. The number of aliphatic carboxylic acids is 1. The monoisotopic (exact) mass is 550 g/mol. The van der Waals surface area contributed by atoms with Gasteiger partial charge in [0.1, 0.15) is 11.9 Å². The lowest BCUT2D eigenvalue weighted by Gasteiger charge is -2.27. The van der Waals surface area contributed by atoms with Gasteiger partial charge in [-0.3, -0.25) is 14.9 Å². The zero-order valence-corrected chi connectivity index (χ0v) is 24.4. The molecule has 1 fully saturated rings. The SMILES string of the molecule is C=C(C)\C(=C/C=C(C)/C(OC)=C(\NC(=O)O[C@H](C)c1ccccc1C)C(=C)C)NC(=O)C1CCCCC1C(=O)O. The van der Waals surface area contributed by atoms with E-state index in [0.717, 1.165) is 24.0 Å². The molecule has 1 aliphatic carbocycles. The fraction of sp³-hybridized carbons (Fsp3) is 0.406. The van der Waals surface area contributed by atoms with Gasteiger partial charge in [0.15, 0.2) is 0 Å². The normalized spacial score (nSPS) is 19.1. The van der Waals surface area contributed by atoms with Crippen LogP contribution in [-0.2, 0) is 19.1 Å². The first kappa shape index (κ1) is 32.1. The molecule has 0 saturated heterocycles. The van der Waals surface area contributed by atoms with E-state index in [1.165, 1.54) is 7.11 Å². The van der Waals surface area contributed by atoms with Gasteiger partial charge in [0.05, 0.1) is 24.6 Å². The van der Waals surface area contributed by atoms with E-state index in [9.17, 15) is 19.5 Å². The number of carboxylic acid groups (broad SMARTS) is 1. The first-order valence-electron chi connectivity index (χ1n) is 13.4. The Bertz CT molecular complexity index is 1240. The smallest absolute Gasteiger partial charge is 0.412 e. The van der Waals surface area contributed by atoms with Gasteiger partial charge >= 0.3 is 12.1 Å². The Morgan fingerprint density at radius 1 is 1.00 bits per heavy atom. The number of rotatable bonds is 11. The molecule has 1 aromatic rings. The second-order valence-corrected chi connectivity index (χ2v) is 10.3. The van der Waals surface area contributed by atoms with Crippen molar-refractivity contribution in [2.45, 2.75) is 66.4 Å². The van der Waals surface area contributed by atoms with Crippen LogP contribution in [0.5, 0.6) is 0 Å². The molecule has 2 amide bonds. The predicted molar refractivity (Wildman–Crippen MR) is 156 cm³/mol. The van der Waals surface area contributed by atoms with Crippen LogP contribution in [0.15, 0.2) is 83.4 Å². The van der Waals surface area contributed by atoms with Crippen LogP contribution in [-0.4, -0.2) is 30.2 Å². The molecule has 8 heteroatoms. The zero-order valence-electron chi connectivity index (χ0n) is 24.4. The molecule has 2 unspecified atom stereocenters. The summed E-state index contributed by atoms with van der Waals surface area (Å²) in [5, 5.41) is 15.2. The number of methoxy groups -OCH3 is 1. The number of carboxylic acids is 1. The minimum Gasteiger partial charge on any atom is -0.494 e. The number of hydrogen-bond acceptors (Lipinski definition) is 5. The third-order valence-electron chi connectivity index (χ3n) is 6.99. The predicted octanol–water partition coefficient (Wildman–Crippen LogP) is 6.63. The van der Waals surface area contributed by atoms with E-state index in [0.29, 0.717) is 46.7 Å². The maximum absolute atomic E-state index is 13.0. The molecule has 3 atom stereocenters. The zero-order chi connectivity index (χ0) is 30.0. The number of benzene rings is 1. The molecular formula is C32H42N2O6. The van der Waals surface area contributed by atoms with Gasteiger partial charge in [-0.15, -0.1) is 0 Å². The first-order chi connectivity index (χ1) is 18.9. The molecule has 0 spiro atoms. The van der Waals surface area contributed by atoms with E-state index < -0.39 is 30.0 Å². The van der Waals surface area contributed by atoms with Crippen LogP contribution in [0.4, 0.5) is 4.79 Å². The summed E-state index contributed by atoms with van der Waals surface area (Å²) >= 11 is 0. The maximum Gasteiger partial charge on any atom is 0.412 e. The van der Waals surface area contributed by atoms with Crippen LogP contribution in [0.3, 0.4) is 0 Å². The highest BCUT2D eigenvalue weighted by molar-refractivity contribution is 5.86. The van der Waals surface area contributed by atoms with Gasteiger partial charge < -0.3 is 19.9 Å².